The van der Waals surface area contributed by atoms with Gasteiger partial charge in [-0.15, -0.1) is 0 Å². The number of carbonyl (C=O) groups is 2. The smallest absolute Gasteiger partial charge is 0.268 e. The molecule has 2 aromatic rings. The molecule has 0 saturated carbocycles. The molecule has 1 atom stereocenters. The fourth-order valence-electron chi connectivity index (χ4n) is 2.90. The largest absolute Gasteiger partial charge is 0.343 e. The maximum Gasteiger partial charge on any atom is 0.268 e. The molecule has 1 aromatic carbocycles. The average Bonchev–Trinajstić information content (AvgIpc) is 3.25. The fraction of sp³-hybridized carbons (Fsp3) is 0.333. The number of hydrogen-bond donors (Lipinski definition) is 1. The van der Waals surface area contributed by atoms with Gasteiger partial charge in [-0.1, -0.05) is 28.1 Å². The van der Waals surface area contributed by atoms with Gasteiger partial charge in [-0.2, -0.15) is 10.4 Å². The van der Waals surface area contributed by atoms with Crippen LogP contribution in [0.2, 0.25) is 0 Å². The van der Waals surface area contributed by atoms with Crippen LogP contribution >= 0.6 is 15.9 Å². The van der Waals surface area contributed by atoms with Gasteiger partial charge >= 0.3 is 0 Å². The monoisotopic (exact) mass is 451 g/mol. The minimum Gasteiger partial charge on any atom is -0.343 e. The first-order valence-corrected chi connectivity index (χ1v) is 9.19. The van der Waals surface area contributed by atoms with Gasteiger partial charge in [-0.25, -0.2) is 8.78 Å². The van der Waals surface area contributed by atoms with Gasteiger partial charge in [-0.05, 0) is 17.7 Å². The summed E-state index contributed by atoms with van der Waals surface area (Å²) in [5.41, 5.74) is 1.24. The van der Waals surface area contributed by atoms with Crippen molar-refractivity contribution in [2.45, 2.75) is 24.9 Å². The highest BCUT2D eigenvalue weighted by atomic mass is 79.9. The van der Waals surface area contributed by atoms with E-state index >= 15 is 0 Å². The van der Waals surface area contributed by atoms with Gasteiger partial charge < -0.3 is 10.2 Å². The van der Waals surface area contributed by atoms with Gasteiger partial charge in [0.1, 0.15) is 6.04 Å². The van der Waals surface area contributed by atoms with Crippen LogP contribution in [0.4, 0.5) is 8.78 Å². The number of halogens is 3. The zero-order chi connectivity index (χ0) is 20.3. The zero-order valence-electron chi connectivity index (χ0n) is 14.6. The van der Waals surface area contributed by atoms with E-state index in [2.05, 4.69) is 26.3 Å². The van der Waals surface area contributed by atoms with E-state index in [-0.39, 0.29) is 5.56 Å². The highest BCUT2D eigenvalue weighted by Gasteiger charge is 2.47. The summed E-state index contributed by atoms with van der Waals surface area (Å²) in [6.45, 7) is -0.817. The summed E-state index contributed by atoms with van der Waals surface area (Å²) in [5, 5.41) is 15.4. The summed E-state index contributed by atoms with van der Waals surface area (Å²) in [6, 6.07) is 8.14. The number of hydrogen-bond acceptors (Lipinski definition) is 4. The minimum absolute atomic E-state index is 0.244. The van der Waals surface area contributed by atoms with Crippen LogP contribution in [-0.2, 0) is 11.3 Å². The zero-order valence-corrected chi connectivity index (χ0v) is 16.2. The lowest BCUT2D eigenvalue weighted by Crippen LogP contribution is -2.42. The van der Waals surface area contributed by atoms with Crippen molar-refractivity contribution in [3.05, 3.63) is 52.3 Å². The topological polar surface area (TPSA) is 91.0 Å². The molecule has 0 spiro atoms. The Labute approximate surface area is 168 Å². The predicted octanol–water partition coefficient (Wildman–Crippen LogP) is 2.18. The molecule has 7 nitrogen and oxygen atoms in total. The fourth-order valence-corrected chi connectivity index (χ4v) is 3.16. The second-order valence-electron chi connectivity index (χ2n) is 6.46. The molecular weight excluding hydrogens is 436 g/mol. The molecule has 2 amide bonds. The summed E-state index contributed by atoms with van der Waals surface area (Å²) in [6.07, 6.45) is 2.21. The number of alkyl halides is 2. The summed E-state index contributed by atoms with van der Waals surface area (Å²) in [5.74, 6) is -4.36. The Kier molecular flexibility index (Phi) is 5.74. The number of carbonyl (C=O) groups excluding carboxylic acids is 2. The third kappa shape index (κ3) is 4.72. The van der Waals surface area contributed by atoms with E-state index in [1.54, 1.807) is 10.8 Å². The molecule has 0 radical (unpaired) electrons. The van der Waals surface area contributed by atoms with Crippen LogP contribution < -0.4 is 5.32 Å². The maximum atomic E-state index is 13.4. The molecule has 1 aromatic heterocycles. The summed E-state index contributed by atoms with van der Waals surface area (Å²) < 4.78 is 29.4. The van der Waals surface area contributed by atoms with E-state index in [4.69, 9.17) is 5.26 Å². The van der Waals surface area contributed by atoms with E-state index < -0.39 is 43.3 Å². The van der Waals surface area contributed by atoms with E-state index in [0.717, 1.165) is 14.9 Å². The van der Waals surface area contributed by atoms with Gasteiger partial charge in [-0.3, -0.25) is 14.3 Å². The molecule has 0 aliphatic carbocycles. The first-order chi connectivity index (χ1) is 13.3. The van der Waals surface area contributed by atoms with Crippen LogP contribution in [0, 0.1) is 11.3 Å². The Morgan fingerprint density at radius 2 is 2.07 bits per heavy atom. The van der Waals surface area contributed by atoms with Gasteiger partial charge in [0.05, 0.1) is 37.5 Å². The van der Waals surface area contributed by atoms with Crippen molar-refractivity contribution in [3.63, 3.8) is 0 Å². The molecule has 2 heterocycles. The van der Waals surface area contributed by atoms with E-state index in [1.165, 1.54) is 12.4 Å². The SMILES string of the molecule is N#C[C@@H]1CC(F)(F)CN1C(=O)CNC(=O)c1cnn(Cc2ccc(Br)cc2)c1. The number of benzene rings is 1. The van der Waals surface area contributed by atoms with Crippen molar-refractivity contribution < 1.29 is 18.4 Å². The van der Waals surface area contributed by atoms with Crippen LogP contribution in [0.15, 0.2) is 41.1 Å². The van der Waals surface area contributed by atoms with Crippen LogP contribution in [0.1, 0.15) is 22.3 Å². The lowest BCUT2D eigenvalue weighted by molar-refractivity contribution is -0.131. The van der Waals surface area contributed by atoms with Gasteiger partial charge in [0.2, 0.25) is 5.91 Å². The summed E-state index contributed by atoms with van der Waals surface area (Å²) in [7, 11) is 0. The number of rotatable bonds is 5. The highest BCUT2D eigenvalue weighted by Crippen LogP contribution is 2.31. The highest BCUT2D eigenvalue weighted by molar-refractivity contribution is 9.10. The average molecular weight is 452 g/mol. The second-order valence-corrected chi connectivity index (χ2v) is 7.38. The number of amides is 2. The summed E-state index contributed by atoms with van der Waals surface area (Å²) >= 11 is 3.36. The quantitative estimate of drug-likeness (QED) is 0.753. The maximum absolute atomic E-state index is 13.4. The molecule has 3 rings (SSSR count). The van der Waals surface area contributed by atoms with Gasteiger partial charge in [0.15, 0.2) is 0 Å². The molecular formula is C18H16BrF2N5O2. The lowest BCUT2D eigenvalue weighted by atomic mass is 10.2. The molecule has 146 valence electrons. The Morgan fingerprint density at radius 1 is 1.36 bits per heavy atom. The summed E-state index contributed by atoms with van der Waals surface area (Å²) in [4.78, 5) is 25.1. The normalized spacial score (nSPS) is 17.9. The van der Waals surface area contributed by atoms with Crippen LogP contribution in [0.3, 0.4) is 0 Å². The predicted molar refractivity (Wildman–Crippen MR) is 98.5 cm³/mol. The van der Waals surface area contributed by atoms with E-state index in [1.807, 2.05) is 24.3 Å². The van der Waals surface area contributed by atoms with E-state index in [0.29, 0.717) is 6.54 Å². The molecule has 0 bridgehead atoms. The minimum atomic E-state index is -3.09. The molecule has 1 fully saturated rings. The van der Waals surface area contributed by atoms with Gasteiger partial charge in [0, 0.05) is 17.1 Å². The third-order valence-electron chi connectivity index (χ3n) is 4.29. The van der Waals surface area contributed by atoms with Crippen molar-refractivity contribution in [1.82, 2.24) is 20.0 Å². The number of nitrogens with one attached hydrogen (secondary N) is 1. The van der Waals surface area contributed by atoms with Crippen molar-refractivity contribution >= 4 is 27.7 Å². The van der Waals surface area contributed by atoms with Crippen molar-refractivity contribution in [2.75, 3.05) is 13.1 Å². The standard InChI is InChI=1S/C18H16BrF2N5O2/c19-14-3-1-12(2-4-14)9-25-10-13(7-24-25)17(28)23-8-16(27)26-11-18(20,21)5-15(26)6-22/h1-4,7,10,15H,5,8-9,11H2,(H,23,28)/t15-/m0/s1. The van der Waals surface area contributed by atoms with E-state index in [9.17, 15) is 18.4 Å². The Balaban J connectivity index is 1.55. The Morgan fingerprint density at radius 3 is 2.75 bits per heavy atom. The van der Waals surface area contributed by atoms with Crippen molar-refractivity contribution in [1.29, 1.82) is 5.26 Å². The third-order valence-corrected chi connectivity index (χ3v) is 4.82. The van der Waals surface area contributed by atoms with Crippen LogP contribution in [-0.4, -0.2) is 51.5 Å². The molecule has 1 N–H and O–H groups in total. The van der Waals surface area contributed by atoms with Gasteiger partial charge in [0.25, 0.3) is 11.8 Å². The first kappa shape index (κ1) is 19.9. The number of likely N-dealkylation sites (tertiary alicyclic amines) is 1. The molecule has 0 unspecified atom stereocenters. The molecule has 1 aliphatic heterocycles. The first-order valence-electron chi connectivity index (χ1n) is 8.39. The molecule has 28 heavy (non-hydrogen) atoms. The Hall–Kier alpha value is -2.80. The number of aromatic nitrogens is 2. The van der Waals surface area contributed by atoms with Crippen molar-refractivity contribution in [2.24, 2.45) is 0 Å². The Bertz CT molecular complexity index is 923. The lowest BCUT2D eigenvalue weighted by Gasteiger charge is -2.19. The van der Waals surface area contributed by atoms with Crippen molar-refractivity contribution in [3.8, 4) is 6.07 Å². The van der Waals surface area contributed by atoms with Crippen LogP contribution in [0.5, 0.6) is 0 Å². The second kappa shape index (κ2) is 8.06. The molecule has 1 aliphatic rings. The number of nitriles is 1. The molecule has 10 heteroatoms. The molecule has 1 saturated heterocycles. The van der Waals surface area contributed by atoms with Crippen LogP contribution in [0.25, 0.3) is 0 Å². The number of nitrogens with zero attached hydrogens (tertiary/aromatic N) is 4.